The Bertz CT molecular complexity index is 415. The molecule has 0 aromatic carbocycles. The van der Waals surface area contributed by atoms with E-state index in [1.165, 1.54) is 0 Å². The second-order valence-corrected chi connectivity index (χ2v) is 6.35. The summed E-state index contributed by atoms with van der Waals surface area (Å²) >= 11 is 0. The van der Waals surface area contributed by atoms with Gasteiger partial charge in [0.15, 0.2) is 0 Å². The average Bonchev–Trinajstić information content (AvgIpc) is 2.78. The number of aliphatic hydroxyl groups is 2. The van der Waals surface area contributed by atoms with Crippen molar-refractivity contribution in [2.24, 2.45) is 11.8 Å². The van der Waals surface area contributed by atoms with Crippen LogP contribution in [0, 0.1) is 11.8 Å². The van der Waals surface area contributed by atoms with E-state index in [0.717, 1.165) is 25.7 Å². The zero-order valence-corrected chi connectivity index (χ0v) is 13.4. The van der Waals surface area contributed by atoms with Gasteiger partial charge in [0.25, 0.3) is 0 Å². The Hall–Kier alpha value is -1.13. The maximum absolute atomic E-state index is 12.0. The topological polar surface area (TPSA) is 66.8 Å². The molecule has 0 radical (unpaired) electrons. The van der Waals surface area contributed by atoms with Gasteiger partial charge < -0.3 is 14.9 Å². The first-order valence-corrected chi connectivity index (χ1v) is 8.50. The highest BCUT2D eigenvalue weighted by atomic mass is 16.5. The SMILES string of the molecule is CC[C@@H]1OC(=O)CCCC/C=C\C/C=C\[C@@H]2[C@@H](O)[C@H](O)C[C@H]21. The van der Waals surface area contributed by atoms with Crippen molar-refractivity contribution in [2.45, 2.75) is 70.2 Å². The molecule has 0 unspecified atom stereocenters. The van der Waals surface area contributed by atoms with Crippen LogP contribution in [0.2, 0.25) is 0 Å². The summed E-state index contributed by atoms with van der Waals surface area (Å²) in [6, 6.07) is 0. The van der Waals surface area contributed by atoms with Crippen molar-refractivity contribution in [3.8, 4) is 0 Å². The summed E-state index contributed by atoms with van der Waals surface area (Å²) in [5.74, 6) is -0.322. The molecule has 5 atom stereocenters. The van der Waals surface area contributed by atoms with Gasteiger partial charge in [-0.05, 0) is 38.5 Å². The van der Waals surface area contributed by atoms with E-state index in [1.807, 2.05) is 19.1 Å². The van der Waals surface area contributed by atoms with Crippen molar-refractivity contribution in [1.82, 2.24) is 0 Å². The normalized spacial score (nSPS) is 40.3. The zero-order valence-electron chi connectivity index (χ0n) is 13.4. The van der Waals surface area contributed by atoms with Gasteiger partial charge in [-0.2, -0.15) is 0 Å². The van der Waals surface area contributed by atoms with E-state index in [4.69, 9.17) is 4.74 Å². The van der Waals surface area contributed by atoms with Crippen LogP contribution in [-0.4, -0.2) is 34.5 Å². The lowest BCUT2D eigenvalue weighted by atomic mass is 9.88. The third-order valence-electron chi connectivity index (χ3n) is 4.76. The monoisotopic (exact) mass is 308 g/mol. The highest BCUT2D eigenvalue weighted by Crippen LogP contribution is 2.38. The predicted molar refractivity (Wildman–Crippen MR) is 85.1 cm³/mol. The van der Waals surface area contributed by atoms with Gasteiger partial charge in [-0.3, -0.25) is 4.79 Å². The summed E-state index contributed by atoms with van der Waals surface area (Å²) in [6.07, 6.45) is 11.8. The minimum atomic E-state index is -0.772. The number of rotatable bonds is 1. The average molecular weight is 308 g/mol. The Labute approximate surface area is 132 Å². The van der Waals surface area contributed by atoms with Gasteiger partial charge in [-0.25, -0.2) is 0 Å². The maximum Gasteiger partial charge on any atom is 0.306 e. The van der Waals surface area contributed by atoms with Crippen LogP contribution >= 0.6 is 0 Å². The lowest BCUT2D eigenvalue weighted by Crippen LogP contribution is -2.31. The van der Waals surface area contributed by atoms with Gasteiger partial charge in [-0.1, -0.05) is 31.2 Å². The number of hydrogen-bond donors (Lipinski definition) is 2. The molecular formula is C18H28O4. The van der Waals surface area contributed by atoms with Crippen molar-refractivity contribution in [3.63, 3.8) is 0 Å². The van der Waals surface area contributed by atoms with Crippen LogP contribution < -0.4 is 0 Å². The smallest absolute Gasteiger partial charge is 0.306 e. The number of fused-ring (bicyclic) bond motifs is 1. The van der Waals surface area contributed by atoms with Crippen LogP contribution in [-0.2, 0) is 9.53 Å². The summed E-state index contributed by atoms with van der Waals surface area (Å²) < 4.78 is 5.64. The predicted octanol–water partition coefficient (Wildman–Crippen LogP) is 2.74. The van der Waals surface area contributed by atoms with E-state index in [1.54, 1.807) is 0 Å². The number of allylic oxidation sites excluding steroid dienone is 3. The highest BCUT2D eigenvalue weighted by molar-refractivity contribution is 5.69. The van der Waals surface area contributed by atoms with Gasteiger partial charge >= 0.3 is 5.97 Å². The quantitative estimate of drug-likeness (QED) is 0.577. The van der Waals surface area contributed by atoms with Crippen molar-refractivity contribution in [1.29, 1.82) is 0 Å². The first-order valence-electron chi connectivity index (χ1n) is 8.50. The lowest BCUT2D eigenvalue weighted by molar-refractivity contribution is -0.153. The van der Waals surface area contributed by atoms with Crippen LogP contribution in [0.4, 0.5) is 0 Å². The molecule has 2 N–H and O–H groups in total. The molecule has 0 spiro atoms. The largest absolute Gasteiger partial charge is 0.462 e. The molecule has 1 saturated carbocycles. The van der Waals surface area contributed by atoms with Gasteiger partial charge in [0.2, 0.25) is 0 Å². The third-order valence-corrected chi connectivity index (χ3v) is 4.76. The second-order valence-electron chi connectivity index (χ2n) is 6.35. The molecule has 0 saturated heterocycles. The molecular weight excluding hydrogens is 280 g/mol. The molecule has 2 rings (SSSR count). The fourth-order valence-corrected chi connectivity index (χ4v) is 3.50. The molecule has 1 fully saturated rings. The Balaban J connectivity index is 2.16. The first-order chi connectivity index (χ1) is 10.6. The number of hydrogen-bond acceptors (Lipinski definition) is 4. The molecule has 1 aliphatic carbocycles. The van der Waals surface area contributed by atoms with Crippen molar-refractivity contribution in [3.05, 3.63) is 24.3 Å². The third kappa shape index (κ3) is 4.43. The number of carbonyl (C=O) groups is 1. The summed E-state index contributed by atoms with van der Waals surface area (Å²) in [4.78, 5) is 12.0. The molecule has 4 heteroatoms. The molecule has 4 nitrogen and oxygen atoms in total. The summed E-state index contributed by atoms with van der Waals surface area (Å²) in [7, 11) is 0. The van der Waals surface area contributed by atoms with Gasteiger partial charge in [0, 0.05) is 18.3 Å². The first kappa shape index (κ1) is 17.2. The summed E-state index contributed by atoms with van der Waals surface area (Å²) in [5.41, 5.74) is 0. The molecule has 0 amide bonds. The molecule has 0 bridgehead atoms. The molecule has 0 aromatic rings. The Kier molecular flexibility index (Phi) is 6.65. The molecule has 2 aliphatic rings. The van der Waals surface area contributed by atoms with Gasteiger partial charge in [0.05, 0.1) is 12.2 Å². The van der Waals surface area contributed by atoms with Gasteiger partial charge in [-0.15, -0.1) is 0 Å². The number of esters is 1. The van der Waals surface area contributed by atoms with Crippen LogP contribution in [0.3, 0.4) is 0 Å². The number of ether oxygens (including phenoxy) is 1. The zero-order chi connectivity index (χ0) is 15.9. The molecule has 124 valence electrons. The fraction of sp³-hybridized carbons (Fsp3) is 0.722. The fourth-order valence-electron chi connectivity index (χ4n) is 3.50. The van der Waals surface area contributed by atoms with Crippen LogP contribution in [0.15, 0.2) is 24.3 Å². The maximum atomic E-state index is 12.0. The number of carbonyl (C=O) groups excluding carboxylic acids is 1. The standard InChI is InChI=1S/C18H28O4/c1-2-16-14-12-15(19)18(21)13(14)10-8-6-4-3-5-7-9-11-17(20)22-16/h3-4,8,10,13-16,18-19,21H,2,5-7,9,11-12H2,1H3/b4-3-,10-8-/t13-,14+,15+,16-,18+/m0/s1. The molecule has 22 heavy (non-hydrogen) atoms. The molecule has 0 aromatic heterocycles. The highest BCUT2D eigenvalue weighted by Gasteiger charge is 2.44. The van der Waals surface area contributed by atoms with E-state index in [0.29, 0.717) is 19.3 Å². The van der Waals surface area contributed by atoms with E-state index in [-0.39, 0.29) is 23.9 Å². The molecule has 1 aliphatic heterocycles. The molecule has 1 heterocycles. The Morgan fingerprint density at radius 1 is 1.23 bits per heavy atom. The van der Waals surface area contributed by atoms with E-state index < -0.39 is 12.2 Å². The minimum Gasteiger partial charge on any atom is -0.462 e. The second kappa shape index (κ2) is 8.49. The van der Waals surface area contributed by atoms with E-state index in [9.17, 15) is 15.0 Å². The van der Waals surface area contributed by atoms with Crippen molar-refractivity contribution in [2.75, 3.05) is 0 Å². The number of aliphatic hydroxyl groups excluding tert-OH is 2. The number of cyclic esters (lactones) is 1. The van der Waals surface area contributed by atoms with Crippen LogP contribution in [0.1, 0.15) is 51.9 Å². The van der Waals surface area contributed by atoms with Gasteiger partial charge in [0.1, 0.15) is 6.10 Å². The lowest BCUT2D eigenvalue weighted by Gasteiger charge is -2.27. The Morgan fingerprint density at radius 3 is 2.82 bits per heavy atom. The summed E-state index contributed by atoms with van der Waals surface area (Å²) in [5, 5.41) is 20.2. The Morgan fingerprint density at radius 2 is 2.05 bits per heavy atom. The van der Waals surface area contributed by atoms with Crippen molar-refractivity contribution >= 4 is 5.97 Å². The van der Waals surface area contributed by atoms with E-state index >= 15 is 0 Å². The summed E-state index contributed by atoms with van der Waals surface area (Å²) in [6.45, 7) is 1.99. The van der Waals surface area contributed by atoms with Crippen molar-refractivity contribution < 1.29 is 19.7 Å². The van der Waals surface area contributed by atoms with Crippen LogP contribution in [0.5, 0.6) is 0 Å². The van der Waals surface area contributed by atoms with E-state index in [2.05, 4.69) is 12.2 Å². The van der Waals surface area contributed by atoms with Crippen LogP contribution in [0.25, 0.3) is 0 Å². The minimum absolute atomic E-state index is 0.0119.